The maximum absolute atomic E-state index is 4.00. The molecule has 1 unspecified atom stereocenters. The van der Waals surface area contributed by atoms with Crippen LogP contribution in [0.2, 0.25) is 0 Å². The van der Waals surface area contributed by atoms with Crippen LogP contribution >= 0.6 is 0 Å². The van der Waals surface area contributed by atoms with E-state index >= 15 is 0 Å². The lowest BCUT2D eigenvalue weighted by atomic mass is 10.1. The van der Waals surface area contributed by atoms with E-state index in [1.54, 1.807) is 6.20 Å². The van der Waals surface area contributed by atoms with Crippen molar-refractivity contribution in [3.05, 3.63) is 23.5 Å². The zero-order valence-electron chi connectivity index (χ0n) is 7.63. The zero-order chi connectivity index (χ0) is 8.97. The second-order valence-electron chi connectivity index (χ2n) is 2.91. The fraction of sp³-hybridized carbons (Fsp3) is 0.500. The zero-order valence-corrected chi connectivity index (χ0v) is 7.63. The molecular formula is C8H14N4. The Morgan fingerprint density at radius 3 is 2.83 bits per heavy atom. The molecule has 0 bridgehead atoms. The van der Waals surface area contributed by atoms with Gasteiger partial charge in [0.05, 0.1) is 12.2 Å². The van der Waals surface area contributed by atoms with Crippen LogP contribution in [0.5, 0.6) is 0 Å². The van der Waals surface area contributed by atoms with E-state index < -0.39 is 0 Å². The number of hydrogen-bond donors (Lipinski definition) is 2. The van der Waals surface area contributed by atoms with E-state index in [0.717, 1.165) is 5.69 Å². The van der Waals surface area contributed by atoms with Crippen LogP contribution in [0.25, 0.3) is 0 Å². The normalized spacial score (nSPS) is 12.6. The van der Waals surface area contributed by atoms with E-state index in [9.17, 15) is 0 Å². The third-order valence-electron chi connectivity index (χ3n) is 1.56. The lowest BCUT2D eigenvalue weighted by Gasteiger charge is -2.07. The van der Waals surface area contributed by atoms with Crippen molar-refractivity contribution in [3.63, 3.8) is 0 Å². The molecule has 0 amide bonds. The van der Waals surface area contributed by atoms with E-state index in [2.05, 4.69) is 40.7 Å². The van der Waals surface area contributed by atoms with E-state index in [1.165, 1.54) is 5.57 Å². The first-order valence-corrected chi connectivity index (χ1v) is 3.92. The number of H-pyrrole nitrogens is 1. The Labute approximate surface area is 72.1 Å². The Balaban J connectivity index is 2.77. The van der Waals surface area contributed by atoms with Crippen LogP contribution in [0, 0.1) is 0 Å². The first-order chi connectivity index (χ1) is 5.74. The van der Waals surface area contributed by atoms with Crippen molar-refractivity contribution in [2.45, 2.75) is 19.9 Å². The van der Waals surface area contributed by atoms with Gasteiger partial charge < -0.3 is 5.32 Å². The van der Waals surface area contributed by atoms with Crippen molar-refractivity contribution in [2.75, 3.05) is 7.05 Å². The molecule has 0 saturated heterocycles. The number of rotatable bonds is 3. The number of hydrogen-bond acceptors (Lipinski definition) is 3. The molecule has 4 nitrogen and oxygen atoms in total. The molecule has 0 fully saturated rings. The van der Waals surface area contributed by atoms with E-state index in [1.807, 2.05) is 7.05 Å². The standard InChI is InChI=1S/C8H14N4/c1-6(2)4-7(9-3)8-5-10-12-11-8/h4-5,7,9H,1-3H3,(H,10,11,12). The molecule has 0 aromatic carbocycles. The monoisotopic (exact) mass is 166 g/mol. The van der Waals surface area contributed by atoms with Gasteiger partial charge in [-0.25, -0.2) is 0 Å². The third kappa shape index (κ3) is 2.17. The van der Waals surface area contributed by atoms with Gasteiger partial charge in [0.2, 0.25) is 0 Å². The topological polar surface area (TPSA) is 53.6 Å². The third-order valence-corrected chi connectivity index (χ3v) is 1.56. The minimum absolute atomic E-state index is 0.161. The van der Waals surface area contributed by atoms with Crippen LogP contribution in [-0.4, -0.2) is 22.5 Å². The second-order valence-corrected chi connectivity index (χ2v) is 2.91. The average molecular weight is 166 g/mol. The van der Waals surface area contributed by atoms with E-state index in [4.69, 9.17) is 0 Å². The maximum Gasteiger partial charge on any atom is 0.103 e. The van der Waals surface area contributed by atoms with Gasteiger partial charge in [0.1, 0.15) is 5.69 Å². The summed E-state index contributed by atoms with van der Waals surface area (Å²) in [4.78, 5) is 0. The van der Waals surface area contributed by atoms with Gasteiger partial charge in [-0.3, -0.25) is 0 Å². The molecule has 4 heteroatoms. The van der Waals surface area contributed by atoms with Crippen LogP contribution < -0.4 is 5.32 Å². The number of aromatic amines is 1. The summed E-state index contributed by atoms with van der Waals surface area (Å²) in [6.07, 6.45) is 3.83. The summed E-state index contributed by atoms with van der Waals surface area (Å²) in [5.74, 6) is 0. The molecule has 1 rings (SSSR count). The van der Waals surface area contributed by atoms with Gasteiger partial charge in [-0.05, 0) is 20.9 Å². The Morgan fingerprint density at radius 2 is 2.42 bits per heavy atom. The van der Waals surface area contributed by atoms with Crippen molar-refractivity contribution in [3.8, 4) is 0 Å². The molecule has 0 aliphatic rings. The Hall–Kier alpha value is -1.16. The predicted octanol–water partition coefficient (Wildman–Crippen LogP) is 1.03. The van der Waals surface area contributed by atoms with Crippen LogP contribution in [0.15, 0.2) is 17.8 Å². The summed E-state index contributed by atoms with van der Waals surface area (Å²) in [6, 6.07) is 0.161. The molecule has 0 aliphatic heterocycles. The molecule has 66 valence electrons. The molecular weight excluding hydrogens is 152 g/mol. The molecule has 0 aliphatic carbocycles. The summed E-state index contributed by atoms with van der Waals surface area (Å²) in [7, 11) is 1.90. The first-order valence-electron chi connectivity index (χ1n) is 3.92. The lowest BCUT2D eigenvalue weighted by Crippen LogP contribution is -2.14. The quantitative estimate of drug-likeness (QED) is 0.659. The second kappa shape index (κ2) is 4.01. The minimum Gasteiger partial charge on any atom is -0.308 e. The van der Waals surface area contributed by atoms with Crippen molar-refractivity contribution in [2.24, 2.45) is 0 Å². The number of nitrogens with one attached hydrogen (secondary N) is 2. The maximum atomic E-state index is 4.00. The SMILES string of the molecule is CNC(C=C(C)C)c1cn[nH]n1. The van der Waals surface area contributed by atoms with Gasteiger partial charge in [-0.2, -0.15) is 15.4 Å². The van der Waals surface area contributed by atoms with Gasteiger partial charge in [-0.1, -0.05) is 11.6 Å². The van der Waals surface area contributed by atoms with E-state index in [-0.39, 0.29) is 6.04 Å². The van der Waals surface area contributed by atoms with Crippen LogP contribution in [0.3, 0.4) is 0 Å². The van der Waals surface area contributed by atoms with Crippen LogP contribution in [0.1, 0.15) is 25.6 Å². The molecule has 0 spiro atoms. The van der Waals surface area contributed by atoms with Gasteiger partial charge in [-0.15, -0.1) is 0 Å². The largest absolute Gasteiger partial charge is 0.308 e. The molecule has 1 aromatic heterocycles. The highest BCUT2D eigenvalue weighted by Gasteiger charge is 2.07. The fourth-order valence-electron chi connectivity index (χ4n) is 1.01. The summed E-state index contributed by atoms with van der Waals surface area (Å²) >= 11 is 0. The highest BCUT2D eigenvalue weighted by atomic mass is 15.3. The summed E-state index contributed by atoms with van der Waals surface area (Å²) in [6.45, 7) is 4.12. The number of aromatic nitrogens is 3. The molecule has 12 heavy (non-hydrogen) atoms. The summed E-state index contributed by atoms with van der Waals surface area (Å²) in [5.41, 5.74) is 2.18. The first kappa shape index (κ1) is 8.93. The molecule has 1 atom stereocenters. The predicted molar refractivity (Wildman–Crippen MR) is 47.6 cm³/mol. The van der Waals surface area contributed by atoms with Gasteiger partial charge in [0, 0.05) is 0 Å². The Bertz CT molecular complexity index is 246. The van der Waals surface area contributed by atoms with E-state index in [0.29, 0.717) is 0 Å². The lowest BCUT2D eigenvalue weighted by molar-refractivity contribution is 0.684. The molecule has 0 radical (unpaired) electrons. The van der Waals surface area contributed by atoms with Crippen molar-refractivity contribution < 1.29 is 0 Å². The smallest absolute Gasteiger partial charge is 0.103 e. The average Bonchev–Trinajstić information content (AvgIpc) is 2.51. The van der Waals surface area contributed by atoms with Crippen molar-refractivity contribution in [1.82, 2.24) is 20.7 Å². The highest BCUT2D eigenvalue weighted by molar-refractivity contribution is 5.12. The van der Waals surface area contributed by atoms with Gasteiger partial charge in [0.25, 0.3) is 0 Å². The number of likely N-dealkylation sites (N-methyl/N-ethyl adjacent to an activating group) is 1. The highest BCUT2D eigenvalue weighted by Crippen LogP contribution is 2.10. The fourth-order valence-corrected chi connectivity index (χ4v) is 1.01. The van der Waals surface area contributed by atoms with Crippen molar-refractivity contribution >= 4 is 0 Å². The van der Waals surface area contributed by atoms with Crippen molar-refractivity contribution in [1.29, 1.82) is 0 Å². The molecule has 1 aromatic rings. The summed E-state index contributed by atoms with van der Waals surface area (Å²) < 4.78 is 0. The Morgan fingerprint density at radius 1 is 1.67 bits per heavy atom. The Kier molecular flexibility index (Phi) is 2.99. The number of nitrogens with zero attached hydrogens (tertiary/aromatic N) is 2. The van der Waals surface area contributed by atoms with Gasteiger partial charge in [0.15, 0.2) is 0 Å². The minimum atomic E-state index is 0.161. The number of allylic oxidation sites excluding steroid dienone is 1. The molecule has 1 heterocycles. The molecule has 0 saturated carbocycles. The molecule has 2 N–H and O–H groups in total. The van der Waals surface area contributed by atoms with Crippen LogP contribution in [0.4, 0.5) is 0 Å². The summed E-state index contributed by atoms with van der Waals surface area (Å²) in [5, 5.41) is 13.5. The van der Waals surface area contributed by atoms with Gasteiger partial charge >= 0.3 is 0 Å². The van der Waals surface area contributed by atoms with Crippen LogP contribution in [-0.2, 0) is 0 Å².